The number of amides is 1. The molecule has 0 saturated carbocycles. The number of fused-ring (bicyclic) bond motifs is 1. The Kier molecular flexibility index (Phi) is 7.32. The first kappa shape index (κ1) is 22.6. The summed E-state index contributed by atoms with van der Waals surface area (Å²) in [6.45, 7) is 2.39. The molecule has 2 aromatic rings. The van der Waals surface area contributed by atoms with Gasteiger partial charge in [0.25, 0.3) is 0 Å². The summed E-state index contributed by atoms with van der Waals surface area (Å²) < 4.78 is 38.6. The van der Waals surface area contributed by atoms with Crippen molar-refractivity contribution in [1.29, 1.82) is 0 Å². The molecule has 2 aromatic carbocycles. The van der Waals surface area contributed by atoms with Gasteiger partial charge in [-0.2, -0.15) is 4.31 Å². The summed E-state index contributed by atoms with van der Waals surface area (Å²) in [4.78, 5) is 12.7. The Morgan fingerprint density at radius 2 is 1.56 bits per heavy atom. The minimum absolute atomic E-state index is 0.110. The third-order valence-electron chi connectivity index (χ3n) is 5.80. The lowest BCUT2D eigenvalue weighted by Gasteiger charge is -2.20. The average Bonchev–Trinajstić information content (AvgIpc) is 3.21. The summed E-state index contributed by atoms with van der Waals surface area (Å²) in [5.74, 6) is 1.22. The van der Waals surface area contributed by atoms with Gasteiger partial charge in [0.15, 0.2) is 11.5 Å². The number of sulfonamides is 1. The molecule has 2 aliphatic rings. The maximum absolute atomic E-state index is 12.9. The van der Waals surface area contributed by atoms with Gasteiger partial charge in [-0.15, -0.1) is 0 Å². The van der Waals surface area contributed by atoms with E-state index in [1.165, 1.54) is 0 Å². The van der Waals surface area contributed by atoms with E-state index in [9.17, 15) is 13.2 Å². The second-order valence-corrected chi connectivity index (χ2v) is 10.2. The van der Waals surface area contributed by atoms with Gasteiger partial charge in [-0.1, -0.05) is 25.0 Å². The van der Waals surface area contributed by atoms with Gasteiger partial charge in [0.1, 0.15) is 0 Å². The molecule has 1 N–H and O–H groups in total. The van der Waals surface area contributed by atoms with Crippen LogP contribution in [0.3, 0.4) is 0 Å². The molecule has 7 nitrogen and oxygen atoms in total. The Morgan fingerprint density at radius 1 is 0.875 bits per heavy atom. The van der Waals surface area contributed by atoms with Crippen LogP contribution in [0.5, 0.6) is 11.5 Å². The number of benzene rings is 2. The number of ether oxygens (including phenoxy) is 2. The lowest BCUT2D eigenvalue weighted by molar-refractivity contribution is -0.116. The SMILES string of the molecule is O=C(CCc1ccc(S(=O)(=O)N2CCCCCC2)cc1)Nc1ccc2c(c1)OCCCO2. The molecule has 2 aliphatic heterocycles. The van der Waals surface area contributed by atoms with Crippen LogP contribution in [0.1, 0.15) is 44.1 Å². The minimum Gasteiger partial charge on any atom is -0.490 e. The molecule has 0 unspecified atom stereocenters. The number of hydrogen-bond donors (Lipinski definition) is 1. The molecular formula is C24H30N2O5S. The monoisotopic (exact) mass is 458 g/mol. The second kappa shape index (κ2) is 10.4. The number of carbonyl (C=O) groups excluding carboxylic acids is 1. The summed E-state index contributed by atoms with van der Waals surface area (Å²) in [6.07, 6.45) is 5.64. The number of rotatable bonds is 6. The molecule has 2 heterocycles. The first-order chi connectivity index (χ1) is 15.5. The molecule has 172 valence electrons. The van der Waals surface area contributed by atoms with E-state index >= 15 is 0 Å². The fourth-order valence-electron chi connectivity index (χ4n) is 3.98. The Morgan fingerprint density at radius 3 is 2.28 bits per heavy atom. The molecule has 0 aliphatic carbocycles. The molecule has 0 radical (unpaired) electrons. The van der Waals surface area contributed by atoms with E-state index in [-0.39, 0.29) is 5.91 Å². The molecule has 0 aromatic heterocycles. The van der Waals surface area contributed by atoms with Crippen molar-refractivity contribution in [2.75, 3.05) is 31.6 Å². The average molecular weight is 459 g/mol. The molecule has 32 heavy (non-hydrogen) atoms. The van der Waals surface area contributed by atoms with Gasteiger partial charge in [0.05, 0.1) is 18.1 Å². The standard InChI is InChI=1S/C24H30N2O5S/c27-24(25-20-9-12-22-23(18-20)31-17-5-16-30-22)13-8-19-6-10-21(11-7-19)32(28,29)26-14-3-1-2-4-15-26/h6-7,9-12,18H,1-5,8,13-17H2,(H,25,27). The van der Waals surface area contributed by atoms with Gasteiger partial charge in [-0.25, -0.2) is 8.42 Å². The number of carbonyl (C=O) groups is 1. The van der Waals surface area contributed by atoms with Crippen molar-refractivity contribution >= 4 is 21.6 Å². The van der Waals surface area contributed by atoms with Crippen LogP contribution in [0.2, 0.25) is 0 Å². The minimum atomic E-state index is -3.45. The fraction of sp³-hybridized carbons (Fsp3) is 0.458. The van der Waals surface area contributed by atoms with Gasteiger partial charge < -0.3 is 14.8 Å². The quantitative estimate of drug-likeness (QED) is 0.708. The number of nitrogens with one attached hydrogen (secondary N) is 1. The maximum Gasteiger partial charge on any atom is 0.243 e. The lowest BCUT2D eigenvalue weighted by atomic mass is 10.1. The number of anilines is 1. The predicted octanol–water partition coefficient (Wildman–Crippen LogP) is 3.98. The Bertz CT molecular complexity index is 1030. The van der Waals surface area contributed by atoms with Crippen molar-refractivity contribution in [1.82, 2.24) is 4.31 Å². The van der Waals surface area contributed by atoms with Crippen molar-refractivity contribution in [2.24, 2.45) is 0 Å². The molecule has 0 spiro atoms. The third kappa shape index (κ3) is 5.61. The highest BCUT2D eigenvalue weighted by Gasteiger charge is 2.24. The molecule has 8 heteroatoms. The lowest BCUT2D eigenvalue weighted by Crippen LogP contribution is -2.31. The molecule has 0 bridgehead atoms. The third-order valence-corrected chi connectivity index (χ3v) is 7.71. The van der Waals surface area contributed by atoms with Crippen molar-refractivity contribution in [3.8, 4) is 11.5 Å². The normalized spacial score (nSPS) is 17.2. The largest absolute Gasteiger partial charge is 0.490 e. The van der Waals surface area contributed by atoms with Crippen LogP contribution >= 0.6 is 0 Å². The fourth-order valence-corrected chi connectivity index (χ4v) is 5.50. The van der Waals surface area contributed by atoms with E-state index in [1.54, 1.807) is 46.8 Å². The first-order valence-electron chi connectivity index (χ1n) is 11.3. The highest BCUT2D eigenvalue weighted by atomic mass is 32.2. The predicted molar refractivity (Wildman–Crippen MR) is 123 cm³/mol. The zero-order chi connectivity index (χ0) is 22.4. The molecule has 4 rings (SSSR count). The Labute approximate surface area is 189 Å². The van der Waals surface area contributed by atoms with E-state index in [1.807, 2.05) is 0 Å². The van der Waals surface area contributed by atoms with E-state index in [0.717, 1.165) is 37.7 Å². The zero-order valence-corrected chi connectivity index (χ0v) is 19.0. The number of hydrogen-bond acceptors (Lipinski definition) is 5. The second-order valence-electron chi connectivity index (χ2n) is 8.22. The van der Waals surface area contributed by atoms with Crippen LogP contribution in [0.4, 0.5) is 5.69 Å². The van der Waals surface area contributed by atoms with Crippen LogP contribution in [-0.2, 0) is 21.2 Å². The van der Waals surface area contributed by atoms with E-state index < -0.39 is 10.0 Å². The smallest absolute Gasteiger partial charge is 0.243 e. The van der Waals surface area contributed by atoms with E-state index in [4.69, 9.17) is 9.47 Å². The van der Waals surface area contributed by atoms with Crippen molar-refractivity contribution < 1.29 is 22.7 Å². The summed E-state index contributed by atoms with van der Waals surface area (Å²) in [5.41, 5.74) is 1.59. The van der Waals surface area contributed by atoms with Gasteiger partial charge in [0, 0.05) is 37.7 Å². The number of nitrogens with zero attached hydrogens (tertiary/aromatic N) is 1. The van der Waals surface area contributed by atoms with Crippen LogP contribution in [0.25, 0.3) is 0 Å². The van der Waals surface area contributed by atoms with Gasteiger partial charge in [0.2, 0.25) is 15.9 Å². The first-order valence-corrected chi connectivity index (χ1v) is 12.7. The molecule has 1 amide bonds. The molecular weight excluding hydrogens is 428 g/mol. The maximum atomic E-state index is 12.9. The van der Waals surface area contributed by atoms with E-state index in [0.29, 0.717) is 61.2 Å². The van der Waals surface area contributed by atoms with Crippen LogP contribution < -0.4 is 14.8 Å². The zero-order valence-electron chi connectivity index (χ0n) is 18.2. The summed E-state index contributed by atoms with van der Waals surface area (Å²) in [5, 5.41) is 2.89. The highest BCUT2D eigenvalue weighted by Crippen LogP contribution is 2.32. The Balaban J connectivity index is 1.32. The molecule has 0 atom stereocenters. The van der Waals surface area contributed by atoms with Crippen molar-refractivity contribution in [3.63, 3.8) is 0 Å². The summed E-state index contributed by atoms with van der Waals surface area (Å²) >= 11 is 0. The van der Waals surface area contributed by atoms with Gasteiger partial charge >= 0.3 is 0 Å². The summed E-state index contributed by atoms with van der Waals surface area (Å²) in [7, 11) is -3.45. The van der Waals surface area contributed by atoms with Gasteiger partial charge in [-0.3, -0.25) is 4.79 Å². The van der Waals surface area contributed by atoms with Crippen molar-refractivity contribution in [3.05, 3.63) is 48.0 Å². The molecule has 1 fully saturated rings. The molecule has 1 saturated heterocycles. The van der Waals surface area contributed by atoms with Crippen LogP contribution in [0, 0.1) is 0 Å². The van der Waals surface area contributed by atoms with Gasteiger partial charge in [-0.05, 0) is 49.1 Å². The highest BCUT2D eigenvalue weighted by molar-refractivity contribution is 7.89. The summed E-state index contributed by atoms with van der Waals surface area (Å²) in [6, 6.07) is 12.3. The topological polar surface area (TPSA) is 84.9 Å². The van der Waals surface area contributed by atoms with Crippen molar-refractivity contribution in [2.45, 2.75) is 49.8 Å². The number of aryl methyl sites for hydroxylation is 1. The van der Waals surface area contributed by atoms with Crippen LogP contribution in [-0.4, -0.2) is 44.9 Å². The van der Waals surface area contributed by atoms with Crippen LogP contribution in [0.15, 0.2) is 47.4 Å². The Hall–Kier alpha value is -2.58. The van der Waals surface area contributed by atoms with E-state index in [2.05, 4.69) is 5.32 Å².